The SMILES string of the molecule is COc1ccc(F)cc1C(=O)NCc1ccc(-c2nn([C@@H](C)C(F)(F)F)c(N)c2C(N)O)cc1. The van der Waals surface area contributed by atoms with Crippen LogP contribution in [0.4, 0.5) is 23.4 Å². The summed E-state index contributed by atoms with van der Waals surface area (Å²) in [5, 5.41) is 16.5. The van der Waals surface area contributed by atoms with Crippen LogP contribution in [0.2, 0.25) is 0 Å². The summed E-state index contributed by atoms with van der Waals surface area (Å²) >= 11 is 0. The minimum absolute atomic E-state index is 0.00341. The lowest BCUT2D eigenvalue weighted by Crippen LogP contribution is -2.26. The summed E-state index contributed by atoms with van der Waals surface area (Å²) in [5.74, 6) is -1.33. The van der Waals surface area contributed by atoms with Gasteiger partial charge in [0.05, 0.1) is 18.2 Å². The lowest BCUT2D eigenvalue weighted by atomic mass is 10.0. The number of hydrogen-bond donors (Lipinski definition) is 4. The molecule has 3 rings (SSSR count). The first kappa shape index (κ1) is 25.0. The summed E-state index contributed by atoms with van der Waals surface area (Å²) in [4.78, 5) is 12.4. The van der Waals surface area contributed by atoms with Gasteiger partial charge in [-0.15, -0.1) is 0 Å². The molecular formula is C22H23F4N5O3. The molecule has 1 unspecified atom stereocenters. The van der Waals surface area contributed by atoms with E-state index in [2.05, 4.69) is 10.4 Å². The predicted octanol–water partition coefficient (Wildman–Crippen LogP) is 3.28. The van der Waals surface area contributed by atoms with Gasteiger partial charge >= 0.3 is 6.18 Å². The number of hydrogen-bond acceptors (Lipinski definition) is 6. The highest BCUT2D eigenvalue weighted by molar-refractivity contribution is 5.96. The molecule has 2 aromatic carbocycles. The van der Waals surface area contributed by atoms with E-state index in [9.17, 15) is 27.5 Å². The van der Waals surface area contributed by atoms with Crippen LogP contribution in [0, 0.1) is 5.82 Å². The van der Waals surface area contributed by atoms with E-state index in [-0.39, 0.29) is 29.1 Å². The number of alkyl halides is 3. The lowest BCUT2D eigenvalue weighted by molar-refractivity contribution is -0.164. The van der Waals surface area contributed by atoms with Gasteiger partial charge in [0.1, 0.15) is 35.3 Å². The number of nitrogens with zero attached hydrogens (tertiary/aromatic N) is 2. The van der Waals surface area contributed by atoms with Crippen LogP contribution in [-0.2, 0) is 6.54 Å². The first-order valence-electron chi connectivity index (χ1n) is 10.0. The van der Waals surface area contributed by atoms with Crippen LogP contribution < -0.4 is 21.5 Å². The fourth-order valence-corrected chi connectivity index (χ4v) is 3.31. The molecular weight excluding hydrogens is 458 g/mol. The summed E-state index contributed by atoms with van der Waals surface area (Å²) in [6.45, 7) is 0.964. The Morgan fingerprint density at radius 2 is 1.88 bits per heavy atom. The van der Waals surface area contributed by atoms with Crippen molar-refractivity contribution in [3.8, 4) is 17.0 Å². The van der Waals surface area contributed by atoms with Crippen LogP contribution in [0.1, 0.15) is 40.7 Å². The van der Waals surface area contributed by atoms with E-state index in [1.807, 2.05) is 0 Å². The van der Waals surface area contributed by atoms with Gasteiger partial charge in [-0.05, 0) is 30.7 Å². The van der Waals surface area contributed by atoms with Crippen LogP contribution in [-0.4, -0.2) is 34.1 Å². The third-order valence-electron chi connectivity index (χ3n) is 5.21. The highest BCUT2D eigenvalue weighted by atomic mass is 19.4. The number of benzene rings is 2. The molecule has 12 heteroatoms. The lowest BCUT2D eigenvalue weighted by Gasteiger charge is -2.17. The van der Waals surface area contributed by atoms with Crippen LogP contribution in [0.15, 0.2) is 42.5 Å². The average Bonchev–Trinajstić information content (AvgIpc) is 3.13. The maximum Gasteiger partial charge on any atom is 0.410 e. The van der Waals surface area contributed by atoms with Gasteiger partial charge in [0.15, 0.2) is 0 Å². The predicted molar refractivity (Wildman–Crippen MR) is 116 cm³/mol. The summed E-state index contributed by atoms with van der Waals surface area (Å²) in [5.41, 5.74) is 12.3. The number of halogens is 4. The van der Waals surface area contributed by atoms with Crippen molar-refractivity contribution in [3.05, 3.63) is 65.0 Å². The van der Waals surface area contributed by atoms with E-state index in [0.29, 0.717) is 15.8 Å². The number of rotatable bonds is 7. The van der Waals surface area contributed by atoms with Crippen molar-refractivity contribution in [2.75, 3.05) is 12.8 Å². The number of methoxy groups -OCH3 is 1. The molecule has 0 aliphatic carbocycles. The molecule has 0 radical (unpaired) electrons. The Kier molecular flexibility index (Phi) is 7.12. The molecule has 0 saturated heterocycles. The zero-order valence-electron chi connectivity index (χ0n) is 18.2. The molecule has 0 bridgehead atoms. The van der Waals surface area contributed by atoms with E-state index >= 15 is 0 Å². The topological polar surface area (TPSA) is 128 Å². The summed E-state index contributed by atoms with van der Waals surface area (Å²) in [7, 11) is 1.36. The minimum atomic E-state index is -4.61. The Bertz CT molecular complexity index is 1180. The maximum absolute atomic E-state index is 13.5. The van der Waals surface area contributed by atoms with Gasteiger partial charge in [0.2, 0.25) is 0 Å². The van der Waals surface area contributed by atoms with Gasteiger partial charge in [-0.25, -0.2) is 9.07 Å². The third kappa shape index (κ3) is 5.13. The van der Waals surface area contributed by atoms with Crippen LogP contribution in [0.25, 0.3) is 11.3 Å². The quantitative estimate of drug-likeness (QED) is 0.303. The summed E-state index contributed by atoms with van der Waals surface area (Å²) in [6, 6.07) is 7.83. The highest BCUT2D eigenvalue weighted by Crippen LogP contribution is 2.37. The van der Waals surface area contributed by atoms with Gasteiger partial charge < -0.3 is 26.6 Å². The van der Waals surface area contributed by atoms with Gasteiger partial charge in [-0.3, -0.25) is 4.79 Å². The van der Waals surface area contributed by atoms with E-state index in [1.54, 1.807) is 24.3 Å². The Hall–Kier alpha value is -3.64. The molecule has 0 aliphatic rings. The average molecular weight is 481 g/mol. The first-order chi connectivity index (χ1) is 15.9. The number of carbonyl (C=O) groups excluding carboxylic acids is 1. The molecule has 1 amide bonds. The van der Waals surface area contributed by atoms with Gasteiger partial charge in [0, 0.05) is 12.1 Å². The Labute approximate surface area is 192 Å². The molecule has 0 aliphatic heterocycles. The van der Waals surface area contributed by atoms with Crippen molar-refractivity contribution < 1.29 is 32.2 Å². The second-order valence-electron chi connectivity index (χ2n) is 7.48. The standard InChI is InChI=1S/C22H23F4N5O3/c1-11(22(24,25)26)31-19(27)17(20(28)32)18(30-31)13-5-3-12(4-6-13)10-29-21(33)15-9-14(23)7-8-16(15)34-2/h3-9,11,20,32H,10,27-28H2,1-2H3,(H,29,33)/t11-,20?/m0/s1. The fourth-order valence-electron chi connectivity index (χ4n) is 3.31. The van der Waals surface area contributed by atoms with Crippen molar-refractivity contribution in [3.63, 3.8) is 0 Å². The molecule has 182 valence electrons. The number of nitrogens with two attached hydrogens (primary N) is 2. The number of carbonyl (C=O) groups is 1. The van der Waals surface area contributed by atoms with Crippen LogP contribution >= 0.6 is 0 Å². The second kappa shape index (κ2) is 9.69. The Morgan fingerprint density at radius 1 is 1.24 bits per heavy atom. The molecule has 3 aromatic rings. The fraction of sp³-hybridized carbons (Fsp3) is 0.273. The normalized spacial score (nSPS) is 13.4. The zero-order valence-corrected chi connectivity index (χ0v) is 18.2. The minimum Gasteiger partial charge on any atom is -0.496 e. The van der Waals surface area contributed by atoms with Crippen LogP contribution in [0.5, 0.6) is 5.75 Å². The molecule has 8 nitrogen and oxygen atoms in total. The zero-order chi connectivity index (χ0) is 25.2. The van der Waals surface area contributed by atoms with Gasteiger partial charge in [0.25, 0.3) is 5.91 Å². The van der Waals surface area contributed by atoms with Crippen molar-refractivity contribution in [2.24, 2.45) is 5.73 Å². The molecule has 2 atom stereocenters. The van der Waals surface area contributed by atoms with Crippen molar-refractivity contribution in [1.82, 2.24) is 15.1 Å². The smallest absolute Gasteiger partial charge is 0.410 e. The van der Waals surface area contributed by atoms with Crippen molar-refractivity contribution in [1.29, 1.82) is 0 Å². The molecule has 1 aromatic heterocycles. The number of anilines is 1. The van der Waals surface area contributed by atoms with Crippen LogP contribution in [0.3, 0.4) is 0 Å². The molecule has 34 heavy (non-hydrogen) atoms. The molecule has 6 N–H and O–H groups in total. The largest absolute Gasteiger partial charge is 0.496 e. The van der Waals surface area contributed by atoms with Gasteiger partial charge in [-0.1, -0.05) is 24.3 Å². The van der Waals surface area contributed by atoms with Gasteiger partial charge in [-0.2, -0.15) is 18.3 Å². The number of ether oxygens (including phenoxy) is 1. The number of nitrogens with one attached hydrogen (secondary N) is 1. The third-order valence-corrected chi connectivity index (χ3v) is 5.21. The monoisotopic (exact) mass is 481 g/mol. The van der Waals surface area contributed by atoms with E-state index in [1.165, 1.54) is 19.2 Å². The van der Waals surface area contributed by atoms with E-state index < -0.39 is 36.0 Å². The maximum atomic E-state index is 13.5. The Morgan fingerprint density at radius 3 is 2.44 bits per heavy atom. The number of aliphatic hydroxyl groups is 1. The van der Waals surface area contributed by atoms with Crippen molar-refractivity contribution >= 4 is 11.7 Å². The number of aliphatic hydroxyl groups excluding tert-OH is 1. The number of nitrogen functional groups attached to an aromatic ring is 1. The molecule has 1 heterocycles. The first-order valence-corrected chi connectivity index (χ1v) is 10.0. The summed E-state index contributed by atoms with van der Waals surface area (Å²) in [6.07, 6.45) is -6.26. The Balaban J connectivity index is 1.82. The van der Waals surface area contributed by atoms with E-state index in [4.69, 9.17) is 16.2 Å². The summed E-state index contributed by atoms with van der Waals surface area (Å²) < 4.78 is 58.7. The number of aromatic nitrogens is 2. The van der Waals surface area contributed by atoms with Crippen molar-refractivity contribution in [2.45, 2.75) is 31.9 Å². The molecule has 0 fully saturated rings. The number of amides is 1. The second-order valence-corrected chi connectivity index (χ2v) is 7.48. The molecule has 0 saturated carbocycles. The van der Waals surface area contributed by atoms with E-state index in [0.717, 1.165) is 13.0 Å². The molecule has 0 spiro atoms. The highest BCUT2D eigenvalue weighted by Gasteiger charge is 2.40.